The van der Waals surface area contributed by atoms with E-state index in [0.29, 0.717) is 11.5 Å². The minimum Gasteiger partial charge on any atom is -0.288 e. The van der Waals surface area contributed by atoms with Crippen LogP contribution in [0.1, 0.15) is 41.3 Å². The second-order valence-corrected chi connectivity index (χ2v) is 5.11. The minimum absolute atomic E-state index is 0.0681. The van der Waals surface area contributed by atoms with Crippen LogP contribution in [0.4, 0.5) is 4.39 Å². The van der Waals surface area contributed by atoms with E-state index in [9.17, 15) is 9.18 Å². The Morgan fingerprint density at radius 3 is 2.26 bits per heavy atom. The molecule has 0 bridgehead atoms. The lowest BCUT2D eigenvalue weighted by atomic mass is 9.98. The number of rotatable bonds is 3. The number of carbonyl (C=O) groups is 1. The Balaban J connectivity index is 2.39. The molecule has 2 aromatic rings. The van der Waals surface area contributed by atoms with Gasteiger partial charge in [0, 0.05) is 5.56 Å². The van der Waals surface area contributed by atoms with Gasteiger partial charge in [0.25, 0.3) is 0 Å². The molecule has 2 rings (SSSR count). The second kappa shape index (κ2) is 5.54. The minimum atomic E-state index is -0.592. The van der Waals surface area contributed by atoms with Crippen LogP contribution in [-0.4, -0.2) is 5.78 Å². The SMILES string of the molecule is CC(C)c1ccc(C(=O)c2c(F)cccc2Cl)cc1. The van der Waals surface area contributed by atoms with Crippen molar-refractivity contribution in [3.8, 4) is 0 Å². The summed E-state index contributed by atoms with van der Waals surface area (Å²) in [6.45, 7) is 4.15. The third kappa shape index (κ3) is 2.85. The highest BCUT2D eigenvalue weighted by atomic mass is 35.5. The van der Waals surface area contributed by atoms with Crippen molar-refractivity contribution < 1.29 is 9.18 Å². The van der Waals surface area contributed by atoms with E-state index in [0.717, 1.165) is 5.56 Å². The van der Waals surface area contributed by atoms with Gasteiger partial charge in [-0.05, 0) is 23.6 Å². The fraction of sp³-hybridized carbons (Fsp3) is 0.188. The van der Waals surface area contributed by atoms with E-state index in [1.165, 1.54) is 18.2 Å². The van der Waals surface area contributed by atoms with Gasteiger partial charge in [0.05, 0.1) is 10.6 Å². The molecule has 0 unspecified atom stereocenters. The molecule has 19 heavy (non-hydrogen) atoms. The molecule has 0 radical (unpaired) electrons. The fourth-order valence-electron chi connectivity index (χ4n) is 1.88. The maximum Gasteiger partial charge on any atom is 0.197 e. The van der Waals surface area contributed by atoms with Crippen molar-refractivity contribution in [3.05, 3.63) is 70.0 Å². The van der Waals surface area contributed by atoms with Crippen LogP contribution in [0.3, 0.4) is 0 Å². The van der Waals surface area contributed by atoms with Gasteiger partial charge in [0.15, 0.2) is 5.78 Å². The van der Waals surface area contributed by atoms with Crippen LogP contribution in [0.25, 0.3) is 0 Å². The molecular weight excluding hydrogens is 263 g/mol. The summed E-state index contributed by atoms with van der Waals surface area (Å²) in [7, 11) is 0. The molecule has 3 heteroatoms. The lowest BCUT2D eigenvalue weighted by Gasteiger charge is -2.08. The summed E-state index contributed by atoms with van der Waals surface area (Å²) >= 11 is 5.90. The standard InChI is InChI=1S/C16H14ClFO/c1-10(2)11-6-8-12(9-7-11)16(19)15-13(17)4-3-5-14(15)18/h3-10H,1-2H3. The van der Waals surface area contributed by atoms with E-state index >= 15 is 0 Å². The molecule has 0 saturated heterocycles. The number of benzene rings is 2. The topological polar surface area (TPSA) is 17.1 Å². The van der Waals surface area contributed by atoms with Crippen molar-refractivity contribution in [1.82, 2.24) is 0 Å². The Labute approximate surface area is 117 Å². The van der Waals surface area contributed by atoms with E-state index in [2.05, 4.69) is 13.8 Å². The fourth-order valence-corrected chi connectivity index (χ4v) is 2.13. The molecule has 0 fully saturated rings. The number of ketones is 1. The zero-order valence-electron chi connectivity index (χ0n) is 10.8. The van der Waals surface area contributed by atoms with Crippen molar-refractivity contribution in [1.29, 1.82) is 0 Å². The monoisotopic (exact) mass is 276 g/mol. The Morgan fingerprint density at radius 1 is 1.11 bits per heavy atom. The van der Waals surface area contributed by atoms with Crippen LogP contribution in [0, 0.1) is 5.82 Å². The lowest BCUT2D eigenvalue weighted by Crippen LogP contribution is -2.05. The van der Waals surface area contributed by atoms with E-state index in [1.807, 2.05) is 12.1 Å². The van der Waals surface area contributed by atoms with Gasteiger partial charge < -0.3 is 0 Å². The van der Waals surface area contributed by atoms with Gasteiger partial charge >= 0.3 is 0 Å². The molecule has 0 atom stereocenters. The summed E-state index contributed by atoms with van der Waals surface area (Å²) in [5, 5.41) is 0.137. The van der Waals surface area contributed by atoms with Crippen molar-refractivity contribution in [2.45, 2.75) is 19.8 Å². The zero-order chi connectivity index (χ0) is 14.0. The van der Waals surface area contributed by atoms with Crippen molar-refractivity contribution in [3.63, 3.8) is 0 Å². The Kier molecular flexibility index (Phi) is 4.01. The number of halogens is 2. The first-order chi connectivity index (χ1) is 9.00. The third-order valence-electron chi connectivity index (χ3n) is 3.03. The summed E-state index contributed by atoms with van der Waals surface area (Å²) in [5.74, 6) is -0.593. The summed E-state index contributed by atoms with van der Waals surface area (Å²) in [5.41, 5.74) is 1.51. The van der Waals surface area contributed by atoms with Crippen LogP contribution in [-0.2, 0) is 0 Å². The largest absolute Gasteiger partial charge is 0.288 e. The molecule has 0 aliphatic carbocycles. The van der Waals surface area contributed by atoms with Crippen LogP contribution in [0.15, 0.2) is 42.5 Å². The van der Waals surface area contributed by atoms with E-state index in [-0.39, 0.29) is 10.6 Å². The predicted molar refractivity (Wildman–Crippen MR) is 75.4 cm³/mol. The third-order valence-corrected chi connectivity index (χ3v) is 3.34. The molecule has 0 N–H and O–H groups in total. The van der Waals surface area contributed by atoms with Gasteiger partial charge in [0.1, 0.15) is 5.82 Å². The second-order valence-electron chi connectivity index (χ2n) is 4.70. The van der Waals surface area contributed by atoms with Crippen LogP contribution >= 0.6 is 11.6 Å². The zero-order valence-corrected chi connectivity index (χ0v) is 11.5. The molecule has 0 heterocycles. The highest BCUT2D eigenvalue weighted by Gasteiger charge is 2.17. The molecule has 1 nitrogen and oxygen atoms in total. The quantitative estimate of drug-likeness (QED) is 0.734. The van der Waals surface area contributed by atoms with Crippen LogP contribution in [0.2, 0.25) is 5.02 Å². The average Bonchev–Trinajstić information content (AvgIpc) is 2.38. The predicted octanol–water partition coefficient (Wildman–Crippen LogP) is 4.83. The van der Waals surface area contributed by atoms with Crippen molar-refractivity contribution >= 4 is 17.4 Å². The van der Waals surface area contributed by atoms with Gasteiger partial charge in [0.2, 0.25) is 0 Å². The highest BCUT2D eigenvalue weighted by molar-refractivity contribution is 6.35. The molecule has 0 saturated carbocycles. The Bertz CT molecular complexity index is 582. The summed E-state index contributed by atoms with van der Waals surface area (Å²) < 4.78 is 13.7. The van der Waals surface area contributed by atoms with E-state index < -0.39 is 11.6 Å². The normalized spacial score (nSPS) is 10.8. The number of carbonyl (C=O) groups excluding carboxylic acids is 1. The first kappa shape index (κ1) is 13.8. The van der Waals surface area contributed by atoms with Gasteiger partial charge in [-0.3, -0.25) is 4.79 Å². The average molecular weight is 277 g/mol. The van der Waals surface area contributed by atoms with E-state index in [4.69, 9.17) is 11.6 Å². The van der Waals surface area contributed by atoms with Gasteiger partial charge in [-0.15, -0.1) is 0 Å². The summed E-state index contributed by atoms with van der Waals surface area (Å²) in [6, 6.07) is 11.4. The molecule has 2 aromatic carbocycles. The first-order valence-corrected chi connectivity index (χ1v) is 6.47. The Hall–Kier alpha value is -1.67. The maximum absolute atomic E-state index is 13.7. The van der Waals surface area contributed by atoms with Gasteiger partial charge in [-0.1, -0.05) is 55.8 Å². The molecule has 98 valence electrons. The Morgan fingerprint density at radius 2 is 1.74 bits per heavy atom. The maximum atomic E-state index is 13.7. The number of hydrogen-bond acceptors (Lipinski definition) is 1. The molecule has 0 aliphatic rings. The van der Waals surface area contributed by atoms with Crippen molar-refractivity contribution in [2.75, 3.05) is 0 Å². The smallest absolute Gasteiger partial charge is 0.197 e. The van der Waals surface area contributed by atoms with Crippen LogP contribution < -0.4 is 0 Å². The van der Waals surface area contributed by atoms with Crippen LogP contribution in [0.5, 0.6) is 0 Å². The molecular formula is C16H14ClFO. The molecule has 0 amide bonds. The van der Waals surface area contributed by atoms with Gasteiger partial charge in [-0.2, -0.15) is 0 Å². The number of hydrogen-bond donors (Lipinski definition) is 0. The first-order valence-electron chi connectivity index (χ1n) is 6.09. The molecule has 0 aliphatic heterocycles. The van der Waals surface area contributed by atoms with Crippen molar-refractivity contribution in [2.24, 2.45) is 0 Å². The lowest BCUT2D eigenvalue weighted by molar-refractivity contribution is 0.103. The van der Waals surface area contributed by atoms with Gasteiger partial charge in [-0.25, -0.2) is 4.39 Å². The molecule has 0 spiro atoms. The highest BCUT2D eigenvalue weighted by Crippen LogP contribution is 2.23. The summed E-state index contributed by atoms with van der Waals surface area (Å²) in [4.78, 5) is 12.2. The molecule has 0 aromatic heterocycles. The summed E-state index contributed by atoms with van der Waals surface area (Å²) in [6.07, 6.45) is 0. The van der Waals surface area contributed by atoms with E-state index in [1.54, 1.807) is 12.1 Å².